The predicted octanol–water partition coefficient (Wildman–Crippen LogP) is 3.09. The lowest BCUT2D eigenvalue weighted by Crippen LogP contribution is -2.39. The molecule has 1 heterocycles. The Morgan fingerprint density at radius 3 is 2.17 bits per heavy atom. The highest BCUT2D eigenvalue weighted by Crippen LogP contribution is 2.19. The summed E-state index contributed by atoms with van der Waals surface area (Å²) in [6, 6.07) is 9.59. The van der Waals surface area contributed by atoms with Gasteiger partial charge < -0.3 is 15.5 Å². The molecule has 0 aliphatic carbocycles. The van der Waals surface area contributed by atoms with Gasteiger partial charge in [-0.2, -0.15) is 9.46 Å². The van der Waals surface area contributed by atoms with Gasteiger partial charge in [0.1, 0.15) is 5.75 Å². The summed E-state index contributed by atoms with van der Waals surface area (Å²) in [6.45, 7) is 2.17. The highest BCUT2D eigenvalue weighted by atomic mass is 16.5. The van der Waals surface area contributed by atoms with Crippen LogP contribution in [0.4, 0.5) is 0 Å². The lowest BCUT2D eigenvalue weighted by molar-refractivity contribution is -0.591. The van der Waals surface area contributed by atoms with Crippen LogP contribution in [0.1, 0.15) is 38.2 Å². The Hall–Kier alpha value is -2.56. The first kappa shape index (κ1) is 15.3. The van der Waals surface area contributed by atoms with Crippen molar-refractivity contribution in [2.45, 2.75) is 39.0 Å². The zero-order valence-electron chi connectivity index (χ0n) is 13.2. The van der Waals surface area contributed by atoms with Gasteiger partial charge in [0.2, 0.25) is 0 Å². The second-order valence-corrected chi connectivity index (χ2v) is 5.90. The molecule has 3 aromatic rings. The summed E-state index contributed by atoms with van der Waals surface area (Å²) in [7, 11) is 0. The maximum Gasteiger partial charge on any atom is 0.294 e. The largest absolute Gasteiger partial charge is 0.617 e. The van der Waals surface area contributed by atoms with Crippen LogP contribution < -0.4 is 9.46 Å². The van der Waals surface area contributed by atoms with Gasteiger partial charge >= 0.3 is 0 Å². The van der Waals surface area contributed by atoms with Gasteiger partial charge in [-0.1, -0.05) is 32.3 Å². The highest BCUT2D eigenvalue weighted by Gasteiger charge is 2.21. The molecule has 0 amide bonds. The fourth-order valence-corrected chi connectivity index (χ4v) is 2.92. The molecule has 0 saturated carbocycles. The van der Waals surface area contributed by atoms with E-state index in [9.17, 15) is 15.5 Å². The van der Waals surface area contributed by atoms with E-state index in [2.05, 4.69) is 6.92 Å². The van der Waals surface area contributed by atoms with Gasteiger partial charge in [0, 0.05) is 18.2 Å². The number of unbranched alkanes of at least 4 members (excludes halogenated alkanes) is 3. The fraction of sp³-hybridized carbons (Fsp3) is 0.333. The van der Waals surface area contributed by atoms with E-state index in [1.165, 1.54) is 37.5 Å². The number of benzene rings is 2. The SMILES string of the molecule is CCCCCCc1ccc2c(c1)[n+]([O-])c1ccc(O)cc1[n+]2[O-]. The number of phenols is 1. The first-order valence-electron chi connectivity index (χ1n) is 8.02. The number of phenolic OH excluding ortho intramolecular Hbond substituents is 1. The number of nitrogens with zero attached hydrogens (tertiary/aromatic N) is 2. The van der Waals surface area contributed by atoms with E-state index in [-0.39, 0.29) is 16.8 Å². The van der Waals surface area contributed by atoms with E-state index >= 15 is 0 Å². The predicted molar refractivity (Wildman–Crippen MR) is 88.9 cm³/mol. The van der Waals surface area contributed by atoms with Crippen molar-refractivity contribution in [2.24, 2.45) is 0 Å². The summed E-state index contributed by atoms with van der Waals surface area (Å²) >= 11 is 0. The Kier molecular flexibility index (Phi) is 4.19. The minimum absolute atomic E-state index is 0.0333. The van der Waals surface area contributed by atoms with Crippen molar-refractivity contribution >= 4 is 22.1 Å². The summed E-state index contributed by atoms with van der Waals surface area (Å²) in [5, 5.41) is 34.6. The Bertz CT molecular complexity index is 862. The standard InChI is InChI=1S/C18H20N2O3/c1-2-3-4-5-6-13-7-9-15-17(11-13)19(22)16-10-8-14(21)12-18(16)20(15)23/h7-12,21H,2-6H2,1H3. The van der Waals surface area contributed by atoms with Crippen LogP contribution in [0.15, 0.2) is 36.4 Å². The third-order valence-electron chi connectivity index (χ3n) is 4.19. The molecule has 0 fully saturated rings. The molecular weight excluding hydrogens is 292 g/mol. The van der Waals surface area contributed by atoms with Crippen LogP contribution in [-0.2, 0) is 6.42 Å². The molecule has 0 bridgehead atoms. The van der Waals surface area contributed by atoms with Crippen LogP contribution in [-0.4, -0.2) is 5.11 Å². The average molecular weight is 312 g/mol. The van der Waals surface area contributed by atoms with E-state index in [0.717, 1.165) is 23.1 Å². The molecule has 2 aromatic carbocycles. The molecule has 0 radical (unpaired) electrons. The van der Waals surface area contributed by atoms with Gasteiger partial charge in [0.25, 0.3) is 22.1 Å². The zero-order valence-corrected chi connectivity index (χ0v) is 13.2. The number of aryl methyl sites for hydroxylation is 1. The van der Waals surface area contributed by atoms with Crippen LogP contribution in [0.25, 0.3) is 22.1 Å². The normalized spacial score (nSPS) is 11.3. The molecule has 3 rings (SSSR count). The Morgan fingerprint density at radius 2 is 1.48 bits per heavy atom. The zero-order chi connectivity index (χ0) is 16.4. The van der Waals surface area contributed by atoms with Gasteiger partial charge in [-0.15, -0.1) is 0 Å². The van der Waals surface area contributed by atoms with Crippen molar-refractivity contribution in [2.75, 3.05) is 0 Å². The molecule has 5 nitrogen and oxygen atoms in total. The van der Waals surface area contributed by atoms with E-state index in [1.807, 2.05) is 6.07 Å². The summed E-state index contributed by atoms with van der Waals surface area (Å²) < 4.78 is 1.48. The second-order valence-electron chi connectivity index (χ2n) is 5.90. The van der Waals surface area contributed by atoms with Crippen LogP contribution >= 0.6 is 0 Å². The van der Waals surface area contributed by atoms with E-state index in [0.29, 0.717) is 15.8 Å². The van der Waals surface area contributed by atoms with Gasteiger partial charge in [-0.25, -0.2) is 0 Å². The lowest BCUT2D eigenvalue weighted by atomic mass is 10.1. The van der Waals surface area contributed by atoms with Crippen molar-refractivity contribution in [1.29, 1.82) is 0 Å². The molecule has 1 N–H and O–H groups in total. The Labute approximate surface area is 134 Å². The summed E-state index contributed by atoms with van der Waals surface area (Å²) in [5.74, 6) is -0.0333. The molecule has 0 unspecified atom stereocenters. The van der Waals surface area contributed by atoms with Crippen molar-refractivity contribution in [3.8, 4) is 5.75 Å². The van der Waals surface area contributed by atoms with Crippen LogP contribution in [0.3, 0.4) is 0 Å². The topological polar surface area (TPSA) is 74.1 Å². The maximum atomic E-state index is 12.6. The first-order chi connectivity index (χ1) is 11.1. The first-order valence-corrected chi connectivity index (χ1v) is 8.02. The number of rotatable bonds is 5. The molecule has 0 aliphatic heterocycles. The van der Waals surface area contributed by atoms with E-state index in [1.54, 1.807) is 12.1 Å². The average Bonchev–Trinajstić information content (AvgIpc) is 2.56. The Balaban J connectivity index is 2.06. The third-order valence-corrected chi connectivity index (χ3v) is 4.19. The molecular formula is C18H20N2O3. The number of hydrogen-bond donors (Lipinski definition) is 1. The monoisotopic (exact) mass is 312 g/mol. The van der Waals surface area contributed by atoms with E-state index in [4.69, 9.17) is 0 Å². The van der Waals surface area contributed by atoms with Gasteiger partial charge in [-0.05, 0) is 24.5 Å². The number of aromatic nitrogens is 2. The number of aromatic hydroxyl groups is 1. The van der Waals surface area contributed by atoms with Gasteiger partial charge in [-0.3, -0.25) is 0 Å². The van der Waals surface area contributed by atoms with Crippen molar-refractivity contribution in [3.63, 3.8) is 0 Å². The molecule has 1 aromatic heterocycles. The lowest BCUT2D eigenvalue weighted by Gasteiger charge is -2.09. The van der Waals surface area contributed by atoms with Crippen LogP contribution in [0.2, 0.25) is 0 Å². The molecule has 120 valence electrons. The fourth-order valence-electron chi connectivity index (χ4n) is 2.92. The minimum atomic E-state index is -0.0333. The second kappa shape index (κ2) is 6.28. The molecule has 5 heteroatoms. The Morgan fingerprint density at radius 1 is 0.826 bits per heavy atom. The van der Waals surface area contributed by atoms with Crippen LogP contribution in [0, 0.1) is 10.4 Å². The van der Waals surface area contributed by atoms with Gasteiger partial charge in [0.15, 0.2) is 0 Å². The molecule has 0 atom stereocenters. The smallest absolute Gasteiger partial charge is 0.294 e. The van der Waals surface area contributed by atoms with Crippen molar-refractivity contribution < 1.29 is 14.6 Å². The van der Waals surface area contributed by atoms with Crippen molar-refractivity contribution in [3.05, 3.63) is 52.4 Å². The van der Waals surface area contributed by atoms with Crippen LogP contribution in [0.5, 0.6) is 5.75 Å². The quantitative estimate of drug-likeness (QED) is 0.340. The molecule has 0 aliphatic rings. The highest BCUT2D eigenvalue weighted by molar-refractivity contribution is 5.77. The number of fused-ring (bicyclic) bond motifs is 2. The summed E-state index contributed by atoms with van der Waals surface area (Å²) in [5.41, 5.74) is 2.18. The third kappa shape index (κ3) is 2.86. The van der Waals surface area contributed by atoms with Crippen molar-refractivity contribution in [1.82, 2.24) is 0 Å². The summed E-state index contributed by atoms with van der Waals surface area (Å²) in [6.07, 6.45) is 5.56. The summed E-state index contributed by atoms with van der Waals surface area (Å²) in [4.78, 5) is 0. The number of hydrogen-bond acceptors (Lipinski definition) is 3. The minimum Gasteiger partial charge on any atom is -0.617 e. The van der Waals surface area contributed by atoms with Gasteiger partial charge in [0.05, 0.1) is 6.07 Å². The molecule has 0 saturated heterocycles. The molecule has 23 heavy (non-hydrogen) atoms. The van der Waals surface area contributed by atoms with E-state index < -0.39 is 0 Å². The maximum absolute atomic E-state index is 12.6. The molecule has 0 spiro atoms.